The molecule has 21 heavy (non-hydrogen) atoms. The highest BCUT2D eigenvalue weighted by molar-refractivity contribution is 5.84. The normalized spacial score (nSPS) is 18.6. The van der Waals surface area contributed by atoms with Crippen LogP contribution in [0.4, 0.5) is 5.82 Å². The molecule has 1 atom stereocenters. The minimum absolute atomic E-state index is 0.267. The molecule has 0 saturated carbocycles. The largest absolute Gasteiger partial charge is 0.396 e. The van der Waals surface area contributed by atoms with Crippen molar-refractivity contribution in [3.63, 3.8) is 0 Å². The zero-order valence-corrected chi connectivity index (χ0v) is 12.3. The second-order valence-electron chi connectivity index (χ2n) is 5.72. The molecule has 3 rings (SSSR count). The molecule has 112 valence electrons. The number of benzene rings is 1. The summed E-state index contributed by atoms with van der Waals surface area (Å²) in [7, 11) is 0. The molecular formula is C17H23N3O. The van der Waals surface area contributed by atoms with Crippen molar-refractivity contribution in [2.24, 2.45) is 5.73 Å². The lowest BCUT2D eigenvalue weighted by molar-refractivity contribution is 0.279. The van der Waals surface area contributed by atoms with E-state index in [1.54, 1.807) is 0 Å². The van der Waals surface area contributed by atoms with E-state index in [0.29, 0.717) is 12.6 Å². The highest BCUT2D eigenvalue weighted by atomic mass is 16.2. The van der Waals surface area contributed by atoms with Crippen molar-refractivity contribution in [1.29, 1.82) is 0 Å². The van der Waals surface area contributed by atoms with Gasteiger partial charge in [0.1, 0.15) is 5.82 Å². The van der Waals surface area contributed by atoms with Gasteiger partial charge >= 0.3 is 0 Å². The van der Waals surface area contributed by atoms with Crippen molar-refractivity contribution in [1.82, 2.24) is 4.98 Å². The van der Waals surface area contributed by atoms with E-state index in [-0.39, 0.29) is 6.61 Å². The Balaban J connectivity index is 1.96. The van der Waals surface area contributed by atoms with Crippen LogP contribution in [0.2, 0.25) is 0 Å². The number of hydrogen-bond donors (Lipinski definition) is 2. The molecule has 4 nitrogen and oxygen atoms in total. The van der Waals surface area contributed by atoms with Gasteiger partial charge in [0.15, 0.2) is 0 Å². The van der Waals surface area contributed by atoms with Gasteiger partial charge < -0.3 is 15.7 Å². The lowest BCUT2D eigenvalue weighted by atomic mass is 10.1. The number of pyridine rings is 1. The zero-order valence-electron chi connectivity index (χ0n) is 12.3. The van der Waals surface area contributed by atoms with Crippen molar-refractivity contribution >= 4 is 16.7 Å². The minimum atomic E-state index is 0.267. The third-order valence-electron chi connectivity index (χ3n) is 4.38. The number of aliphatic hydroxyl groups is 1. The number of nitrogens with two attached hydrogens (primary N) is 1. The first-order chi connectivity index (χ1) is 10.3. The van der Waals surface area contributed by atoms with Crippen molar-refractivity contribution < 1.29 is 5.11 Å². The molecule has 1 aliphatic heterocycles. The molecule has 1 aromatic carbocycles. The molecule has 0 bridgehead atoms. The summed E-state index contributed by atoms with van der Waals surface area (Å²) in [6, 6.07) is 10.8. The molecule has 1 fully saturated rings. The van der Waals surface area contributed by atoms with Crippen LogP contribution >= 0.6 is 0 Å². The van der Waals surface area contributed by atoms with Crippen molar-refractivity contribution in [2.75, 3.05) is 18.1 Å². The molecule has 0 amide bonds. The smallest absolute Gasteiger partial charge is 0.129 e. The molecule has 1 aliphatic rings. The van der Waals surface area contributed by atoms with E-state index in [4.69, 9.17) is 15.8 Å². The Morgan fingerprint density at radius 3 is 3.00 bits per heavy atom. The van der Waals surface area contributed by atoms with Crippen LogP contribution in [0.1, 0.15) is 31.2 Å². The Kier molecular flexibility index (Phi) is 4.36. The summed E-state index contributed by atoms with van der Waals surface area (Å²) in [5, 5.41) is 10.2. The third-order valence-corrected chi connectivity index (χ3v) is 4.38. The van der Waals surface area contributed by atoms with E-state index in [1.165, 1.54) is 12.8 Å². The van der Waals surface area contributed by atoms with Gasteiger partial charge in [0.25, 0.3) is 0 Å². The maximum atomic E-state index is 9.06. The molecule has 2 heterocycles. The van der Waals surface area contributed by atoms with E-state index in [0.717, 1.165) is 41.7 Å². The number of nitrogens with zero attached hydrogens (tertiary/aromatic N) is 2. The predicted molar refractivity (Wildman–Crippen MR) is 86.3 cm³/mol. The maximum absolute atomic E-state index is 9.06. The van der Waals surface area contributed by atoms with E-state index in [9.17, 15) is 0 Å². The Bertz CT molecular complexity index is 614. The molecule has 4 heteroatoms. The quantitative estimate of drug-likeness (QED) is 0.885. The number of anilines is 1. The fraction of sp³-hybridized carbons (Fsp3) is 0.471. The van der Waals surface area contributed by atoms with Crippen LogP contribution in [0.3, 0.4) is 0 Å². The van der Waals surface area contributed by atoms with Gasteiger partial charge in [0.05, 0.1) is 5.52 Å². The van der Waals surface area contributed by atoms with Gasteiger partial charge in [-0.25, -0.2) is 4.98 Å². The zero-order chi connectivity index (χ0) is 14.7. The van der Waals surface area contributed by atoms with Crippen LogP contribution < -0.4 is 10.6 Å². The Morgan fingerprint density at radius 1 is 1.33 bits per heavy atom. The number of hydrogen-bond acceptors (Lipinski definition) is 4. The van der Waals surface area contributed by atoms with Gasteiger partial charge in [-0.1, -0.05) is 18.2 Å². The molecule has 1 aromatic heterocycles. The summed E-state index contributed by atoms with van der Waals surface area (Å²) in [6.07, 6.45) is 4.27. The predicted octanol–water partition coefficient (Wildman–Crippen LogP) is 2.43. The summed E-state index contributed by atoms with van der Waals surface area (Å²) >= 11 is 0. The van der Waals surface area contributed by atoms with Gasteiger partial charge in [0, 0.05) is 31.1 Å². The van der Waals surface area contributed by atoms with Gasteiger partial charge in [-0.2, -0.15) is 0 Å². The van der Waals surface area contributed by atoms with Gasteiger partial charge in [-0.15, -0.1) is 0 Å². The Labute approximate surface area is 125 Å². The molecular weight excluding hydrogens is 262 g/mol. The van der Waals surface area contributed by atoms with Gasteiger partial charge in [-0.3, -0.25) is 0 Å². The highest BCUT2D eigenvalue weighted by Gasteiger charge is 2.25. The van der Waals surface area contributed by atoms with Crippen LogP contribution in [-0.2, 0) is 6.54 Å². The Hall–Kier alpha value is -1.65. The van der Waals surface area contributed by atoms with Crippen LogP contribution in [0.15, 0.2) is 30.3 Å². The van der Waals surface area contributed by atoms with E-state index in [1.807, 2.05) is 12.1 Å². The maximum Gasteiger partial charge on any atom is 0.129 e. The first-order valence-corrected chi connectivity index (χ1v) is 7.79. The first-order valence-electron chi connectivity index (χ1n) is 7.79. The summed E-state index contributed by atoms with van der Waals surface area (Å²) in [4.78, 5) is 7.22. The topological polar surface area (TPSA) is 62.4 Å². The third kappa shape index (κ3) is 2.87. The minimum Gasteiger partial charge on any atom is -0.396 e. The summed E-state index contributed by atoms with van der Waals surface area (Å²) in [5.41, 5.74) is 8.09. The summed E-state index contributed by atoms with van der Waals surface area (Å²) < 4.78 is 0. The average Bonchev–Trinajstić information content (AvgIpc) is 3.00. The second kappa shape index (κ2) is 6.41. The average molecular weight is 285 g/mol. The molecule has 0 spiro atoms. The van der Waals surface area contributed by atoms with Gasteiger partial charge in [0.2, 0.25) is 0 Å². The molecule has 1 unspecified atom stereocenters. The lowest BCUT2D eigenvalue weighted by Gasteiger charge is -2.26. The number of para-hydroxylation sites is 1. The van der Waals surface area contributed by atoms with E-state index in [2.05, 4.69) is 23.1 Å². The SMILES string of the molecule is NCc1cc(N2CCCC2CCCO)nc2ccccc12. The fourth-order valence-electron chi connectivity index (χ4n) is 3.31. The lowest BCUT2D eigenvalue weighted by Crippen LogP contribution is -2.30. The fourth-order valence-corrected chi connectivity index (χ4v) is 3.31. The molecule has 0 radical (unpaired) electrons. The molecule has 3 N–H and O–H groups in total. The van der Waals surface area contributed by atoms with Crippen LogP contribution in [0.5, 0.6) is 0 Å². The molecule has 1 saturated heterocycles. The molecule has 0 aliphatic carbocycles. The molecule has 2 aromatic rings. The van der Waals surface area contributed by atoms with Crippen molar-refractivity contribution in [2.45, 2.75) is 38.3 Å². The highest BCUT2D eigenvalue weighted by Crippen LogP contribution is 2.29. The van der Waals surface area contributed by atoms with E-state index < -0.39 is 0 Å². The number of fused-ring (bicyclic) bond motifs is 1. The van der Waals surface area contributed by atoms with E-state index >= 15 is 0 Å². The standard InChI is InChI=1S/C17H23N3O/c18-12-13-11-17(19-16-8-2-1-7-15(13)16)20-9-3-5-14(20)6-4-10-21/h1-2,7-8,11,14,21H,3-6,9-10,12,18H2. The number of aliphatic hydroxyl groups excluding tert-OH is 1. The summed E-state index contributed by atoms with van der Waals surface area (Å²) in [6.45, 7) is 1.85. The second-order valence-corrected chi connectivity index (χ2v) is 5.72. The number of rotatable bonds is 5. The van der Waals surface area contributed by atoms with Crippen molar-refractivity contribution in [3.8, 4) is 0 Å². The first kappa shape index (κ1) is 14.3. The monoisotopic (exact) mass is 285 g/mol. The van der Waals surface area contributed by atoms with Crippen LogP contribution in [-0.4, -0.2) is 29.3 Å². The number of aromatic nitrogens is 1. The van der Waals surface area contributed by atoms with Crippen molar-refractivity contribution in [3.05, 3.63) is 35.9 Å². The van der Waals surface area contributed by atoms with Gasteiger partial charge in [-0.05, 0) is 43.4 Å². The summed E-state index contributed by atoms with van der Waals surface area (Å²) in [5.74, 6) is 1.04. The van der Waals surface area contributed by atoms with Crippen LogP contribution in [0, 0.1) is 0 Å². The Morgan fingerprint density at radius 2 is 2.19 bits per heavy atom. The van der Waals surface area contributed by atoms with Crippen LogP contribution in [0.25, 0.3) is 10.9 Å².